The van der Waals surface area contributed by atoms with Crippen molar-refractivity contribution in [3.63, 3.8) is 0 Å². The first-order valence-electron chi connectivity index (χ1n) is 24.6. The van der Waals surface area contributed by atoms with Gasteiger partial charge in [0.1, 0.15) is 12.1 Å². The number of carbonyl (C=O) groups excluding carboxylic acids is 4. The minimum atomic E-state index is -3.65. The third-order valence-corrected chi connectivity index (χ3v) is 14.8. The molecule has 1 fully saturated rings. The number of ether oxygens (including phenoxy) is 1. The number of fused-ring (bicyclic) bond motifs is 2. The predicted molar refractivity (Wildman–Crippen MR) is 269 cm³/mol. The van der Waals surface area contributed by atoms with Crippen molar-refractivity contribution in [3.8, 4) is 0 Å². The summed E-state index contributed by atoms with van der Waals surface area (Å²) >= 11 is 1.50. The van der Waals surface area contributed by atoms with E-state index in [1.807, 2.05) is 0 Å². The summed E-state index contributed by atoms with van der Waals surface area (Å²) in [4.78, 5) is 57.6. The van der Waals surface area contributed by atoms with Gasteiger partial charge in [-0.1, -0.05) is 132 Å². The molecule has 0 unspecified atom stereocenters. The van der Waals surface area contributed by atoms with Gasteiger partial charge in [0.05, 0.1) is 24.1 Å². The monoisotopic (exact) mass is 942 g/mol. The Kier molecular flexibility index (Phi) is 26.4. The molecule has 3 rings (SSSR count). The summed E-state index contributed by atoms with van der Waals surface area (Å²) in [7, 11) is -2.38. The van der Waals surface area contributed by atoms with Gasteiger partial charge in [-0.3, -0.25) is 14.4 Å². The number of nitrogens with one attached hydrogen (secondary N) is 2. The second-order valence-electron chi connectivity index (χ2n) is 18.3. The summed E-state index contributed by atoms with van der Waals surface area (Å²) in [6, 6.07) is 2.05. The van der Waals surface area contributed by atoms with Crippen molar-refractivity contribution in [2.45, 2.75) is 181 Å². The third kappa shape index (κ3) is 20.5. The molecule has 2 heterocycles. The van der Waals surface area contributed by atoms with Gasteiger partial charge in [0.25, 0.3) is 11.8 Å². The molecule has 3 amide bonds. The second-order valence-corrected chi connectivity index (χ2v) is 21.3. The molecule has 3 atom stereocenters. The van der Waals surface area contributed by atoms with E-state index in [-0.39, 0.29) is 54.6 Å². The van der Waals surface area contributed by atoms with E-state index in [2.05, 4.69) is 62.9 Å². The molecule has 0 saturated carbocycles. The molecule has 0 bridgehead atoms. The maximum absolute atomic E-state index is 14.2. The number of nitrogens with two attached hydrogens (primary N) is 1. The Morgan fingerprint density at radius 2 is 1.45 bits per heavy atom. The molecule has 0 spiro atoms. The van der Waals surface area contributed by atoms with E-state index >= 15 is 0 Å². The normalized spacial score (nSPS) is 17.2. The first-order valence-corrected chi connectivity index (χ1v) is 27.4. The van der Waals surface area contributed by atoms with Gasteiger partial charge in [0.15, 0.2) is 0 Å². The lowest BCUT2D eigenvalue weighted by molar-refractivity contribution is -0.142. The smallest absolute Gasteiger partial charge is 0.329 e. The molecule has 366 valence electrons. The standard InChI is InChI=1S/C51H83N5O7S2/c1-7-8-9-10-11-12-13-14-15-16-17-18-19-20-21-34-65(61,62)54-43-36-47-50(59)55(32-31-52)46-29-28-42(35-44(46)49(58)56(47)37-43)48(57)53-45(51(60)63-6)38-64-33-30-41(5)27-23-26-40(4)25-22-24-39(2)3/h24,26,28-30,35,43,45,47,54H,7-23,25,27,31-34,36-38,52H2,1-6H3,(H,53,57)/b40-26+,41-30+/t43-,45-,47-/m0/s1. The van der Waals surface area contributed by atoms with Gasteiger partial charge in [-0.15, -0.1) is 0 Å². The number of hydrogen-bond donors (Lipinski definition) is 3. The number of thioether (sulfide) groups is 1. The zero-order valence-corrected chi connectivity index (χ0v) is 42.4. The maximum atomic E-state index is 14.2. The molecule has 4 N–H and O–H groups in total. The molecule has 2 aliphatic heterocycles. The first-order chi connectivity index (χ1) is 31.2. The van der Waals surface area contributed by atoms with Crippen LogP contribution in [0.25, 0.3) is 0 Å². The highest BCUT2D eigenvalue weighted by Gasteiger charge is 2.46. The fraction of sp³-hybridized carbons (Fsp3) is 0.686. The Hall–Kier alpha value is -3.46. The van der Waals surface area contributed by atoms with E-state index < -0.39 is 45.9 Å². The van der Waals surface area contributed by atoms with E-state index in [4.69, 9.17) is 10.5 Å². The lowest BCUT2D eigenvalue weighted by Crippen LogP contribution is -2.46. The number of sulfonamides is 1. The fourth-order valence-corrected chi connectivity index (χ4v) is 10.9. The highest BCUT2D eigenvalue weighted by Crippen LogP contribution is 2.33. The molecule has 65 heavy (non-hydrogen) atoms. The minimum Gasteiger partial charge on any atom is -0.467 e. The number of nitrogens with zero attached hydrogens (tertiary/aromatic N) is 2. The molecule has 12 nitrogen and oxygen atoms in total. The number of hydrogen-bond acceptors (Lipinski definition) is 9. The first kappa shape index (κ1) is 55.9. The Bertz CT molecular complexity index is 1860. The van der Waals surface area contributed by atoms with E-state index in [0.717, 1.165) is 44.9 Å². The van der Waals surface area contributed by atoms with Crippen LogP contribution in [-0.4, -0.2) is 99.1 Å². The lowest BCUT2D eigenvalue weighted by atomic mass is 10.0. The molecule has 0 aromatic heterocycles. The average molecular weight is 942 g/mol. The highest BCUT2D eigenvalue weighted by atomic mass is 32.2. The van der Waals surface area contributed by atoms with Crippen LogP contribution in [-0.2, 0) is 24.3 Å². The number of unbranched alkanes of at least 4 members (excludes halogenated alkanes) is 14. The van der Waals surface area contributed by atoms with E-state index in [1.165, 1.54) is 128 Å². The molecule has 1 aromatic carbocycles. The summed E-state index contributed by atoms with van der Waals surface area (Å²) in [5.74, 6) is -1.06. The molecule has 1 aromatic rings. The van der Waals surface area contributed by atoms with Crippen molar-refractivity contribution in [3.05, 3.63) is 64.3 Å². The van der Waals surface area contributed by atoms with Crippen LogP contribution in [0.15, 0.2) is 53.1 Å². The molecule has 0 aliphatic carbocycles. The summed E-state index contributed by atoms with van der Waals surface area (Å²) in [5, 5.41) is 2.78. The molecular formula is C51H83N5O7S2. The van der Waals surface area contributed by atoms with Crippen LogP contribution in [0.1, 0.15) is 184 Å². The molecule has 1 saturated heterocycles. The number of allylic oxidation sites excluding steroid dienone is 5. The zero-order valence-electron chi connectivity index (χ0n) is 40.7. The summed E-state index contributed by atoms with van der Waals surface area (Å²) in [5.41, 5.74) is 10.5. The average Bonchev–Trinajstić information content (AvgIpc) is 3.66. The number of amides is 3. The van der Waals surface area contributed by atoms with Gasteiger partial charge in [0.2, 0.25) is 15.9 Å². The fourth-order valence-electron chi connectivity index (χ4n) is 8.53. The summed E-state index contributed by atoms with van der Waals surface area (Å²) in [6.07, 6.45) is 28.7. The van der Waals surface area contributed by atoms with Crippen molar-refractivity contribution < 1.29 is 32.3 Å². The largest absolute Gasteiger partial charge is 0.467 e. The van der Waals surface area contributed by atoms with Crippen LogP contribution in [0, 0.1) is 0 Å². The number of anilines is 1. The molecular weight excluding hydrogens is 859 g/mol. The van der Waals surface area contributed by atoms with Crippen LogP contribution < -0.4 is 20.7 Å². The van der Waals surface area contributed by atoms with E-state index in [9.17, 15) is 27.6 Å². The van der Waals surface area contributed by atoms with Gasteiger partial charge in [-0.2, -0.15) is 11.8 Å². The Morgan fingerprint density at radius 1 is 0.862 bits per heavy atom. The van der Waals surface area contributed by atoms with E-state index in [1.54, 1.807) is 6.07 Å². The number of carbonyl (C=O) groups is 4. The van der Waals surface area contributed by atoms with Gasteiger partial charge >= 0.3 is 5.97 Å². The third-order valence-electron chi connectivity index (χ3n) is 12.4. The zero-order chi connectivity index (χ0) is 47.6. The maximum Gasteiger partial charge on any atom is 0.329 e. The van der Waals surface area contributed by atoms with Crippen LogP contribution in [0.4, 0.5) is 5.69 Å². The van der Waals surface area contributed by atoms with Gasteiger partial charge in [-0.25, -0.2) is 17.9 Å². The van der Waals surface area contributed by atoms with E-state index in [0.29, 0.717) is 17.9 Å². The van der Waals surface area contributed by atoms with Crippen molar-refractivity contribution in [1.29, 1.82) is 0 Å². The number of benzene rings is 1. The van der Waals surface area contributed by atoms with Crippen molar-refractivity contribution in [2.75, 3.05) is 48.9 Å². The predicted octanol–water partition coefficient (Wildman–Crippen LogP) is 9.79. The number of esters is 1. The van der Waals surface area contributed by atoms with Gasteiger partial charge in [-0.05, 0) is 84.4 Å². The second kappa shape index (κ2) is 30.8. The van der Waals surface area contributed by atoms with Crippen molar-refractivity contribution in [2.24, 2.45) is 5.73 Å². The number of methoxy groups -OCH3 is 1. The van der Waals surface area contributed by atoms with Gasteiger partial charge in [0, 0.05) is 42.7 Å². The van der Waals surface area contributed by atoms with Crippen LogP contribution in [0.3, 0.4) is 0 Å². The topological polar surface area (TPSA) is 168 Å². The molecule has 14 heteroatoms. The Balaban J connectivity index is 1.53. The molecule has 2 aliphatic rings. The van der Waals surface area contributed by atoms with Crippen LogP contribution >= 0.6 is 11.8 Å². The Labute approximate surface area is 396 Å². The SMILES string of the molecule is CCCCCCCCCCCCCCCCCS(=O)(=O)N[C@H]1C[C@H]2C(=O)N(CCN)c3ccc(C(=O)N[C@@H](CSC/C=C(\C)CC/C=C(\C)CCC=C(C)C)C(=O)OC)cc3C(=O)N2C1. The van der Waals surface area contributed by atoms with Crippen molar-refractivity contribution >= 4 is 51.2 Å². The minimum absolute atomic E-state index is 0.00848. The molecule has 0 radical (unpaired) electrons. The number of rotatable bonds is 33. The quantitative estimate of drug-likeness (QED) is 0.0353. The summed E-state index contributed by atoms with van der Waals surface area (Å²) in [6.45, 7) is 11.0. The van der Waals surface area contributed by atoms with Crippen LogP contribution in [0.5, 0.6) is 0 Å². The Morgan fingerprint density at radius 3 is 2.03 bits per heavy atom. The van der Waals surface area contributed by atoms with Gasteiger partial charge < -0.3 is 25.6 Å². The lowest BCUT2D eigenvalue weighted by Gasteiger charge is -2.25. The van der Waals surface area contributed by atoms with Crippen LogP contribution in [0.2, 0.25) is 0 Å². The van der Waals surface area contributed by atoms with Crippen molar-refractivity contribution in [1.82, 2.24) is 14.9 Å². The highest BCUT2D eigenvalue weighted by molar-refractivity contribution is 7.99. The summed E-state index contributed by atoms with van der Waals surface area (Å²) < 4.78 is 34.2.